The van der Waals surface area contributed by atoms with E-state index in [1.54, 1.807) is 0 Å². The largest absolute Gasteiger partial charge is 0.504 e. The highest BCUT2D eigenvalue weighted by molar-refractivity contribution is 5.68. The van der Waals surface area contributed by atoms with Crippen molar-refractivity contribution in [2.75, 3.05) is 0 Å². The number of phenols is 2. The van der Waals surface area contributed by atoms with Crippen LogP contribution in [-0.4, -0.2) is 30.3 Å². The third kappa shape index (κ3) is 3.11. The predicted molar refractivity (Wildman–Crippen MR) is 78.0 cm³/mol. The Labute approximate surface area is 141 Å². The fraction of sp³-hybridized carbons (Fsp3) is 0.0714. The molecular weight excluding hydrogens is 361 g/mol. The Bertz CT molecular complexity index is 985. The van der Waals surface area contributed by atoms with Crippen molar-refractivity contribution in [2.45, 2.75) is 6.18 Å². The van der Waals surface area contributed by atoms with Gasteiger partial charge >= 0.3 is 11.9 Å². The van der Waals surface area contributed by atoms with Crippen molar-refractivity contribution in [1.29, 1.82) is 0 Å². The van der Waals surface area contributed by atoms with Gasteiger partial charge in [-0.05, 0) is 18.2 Å². The Morgan fingerprint density at radius 1 is 1.08 bits per heavy atom. The zero-order valence-electron chi connectivity index (χ0n) is 12.4. The molecule has 0 unspecified atom stereocenters. The van der Waals surface area contributed by atoms with Gasteiger partial charge in [-0.25, -0.2) is 0 Å². The lowest BCUT2D eigenvalue weighted by molar-refractivity contribution is -0.385. The highest BCUT2D eigenvalue weighted by Crippen LogP contribution is 2.39. The minimum Gasteiger partial charge on any atom is -0.504 e. The summed E-state index contributed by atoms with van der Waals surface area (Å²) in [6.07, 6.45) is -3.71. The van der Waals surface area contributed by atoms with Crippen molar-refractivity contribution in [2.24, 2.45) is 0 Å². The Kier molecular flexibility index (Phi) is 3.94. The molecule has 0 amide bonds. The van der Waals surface area contributed by atoms with Crippen LogP contribution < -0.4 is 0 Å². The Balaban J connectivity index is 1.97. The van der Waals surface area contributed by atoms with Crippen LogP contribution in [-0.2, 0) is 6.18 Å². The Hall–Kier alpha value is -3.70. The zero-order valence-corrected chi connectivity index (χ0v) is 12.4. The van der Waals surface area contributed by atoms with Gasteiger partial charge in [0.05, 0.1) is 10.5 Å². The van der Waals surface area contributed by atoms with Crippen molar-refractivity contribution in [1.82, 2.24) is 15.2 Å². The van der Waals surface area contributed by atoms with E-state index in [2.05, 4.69) is 15.2 Å². The van der Waals surface area contributed by atoms with Crippen LogP contribution in [0.5, 0.6) is 11.5 Å². The molecule has 0 saturated carbocycles. The second kappa shape index (κ2) is 5.98. The van der Waals surface area contributed by atoms with Gasteiger partial charge in [0.2, 0.25) is 17.5 Å². The first-order chi connectivity index (χ1) is 12.2. The topological polar surface area (TPSA) is 135 Å². The molecule has 0 aliphatic carbocycles. The summed E-state index contributed by atoms with van der Waals surface area (Å²) in [5.41, 5.74) is -1.85. The number of alkyl halides is 3. The molecule has 0 aliphatic heterocycles. The molecule has 2 heterocycles. The van der Waals surface area contributed by atoms with Gasteiger partial charge in [0, 0.05) is 17.8 Å². The van der Waals surface area contributed by atoms with Crippen molar-refractivity contribution in [3.05, 3.63) is 46.3 Å². The quantitative estimate of drug-likeness (QED) is 0.409. The number of pyridine rings is 1. The maximum absolute atomic E-state index is 12.5. The summed E-state index contributed by atoms with van der Waals surface area (Å²) in [4.78, 5) is 13.2. The van der Waals surface area contributed by atoms with Gasteiger partial charge in [0.15, 0.2) is 5.75 Å². The number of hydrogen-bond donors (Lipinski definition) is 2. The molecule has 2 aromatic heterocycles. The number of nitro groups is 1. The van der Waals surface area contributed by atoms with Crippen LogP contribution in [0.4, 0.5) is 18.9 Å². The molecule has 0 aliphatic rings. The first-order valence-corrected chi connectivity index (χ1v) is 6.74. The number of phenolic OH excluding ortho intramolecular Hbond substituents is 2. The number of halogens is 3. The van der Waals surface area contributed by atoms with E-state index in [4.69, 9.17) is 4.42 Å². The van der Waals surface area contributed by atoms with Crippen LogP contribution in [0.1, 0.15) is 5.69 Å². The molecule has 0 spiro atoms. The lowest BCUT2D eigenvalue weighted by atomic mass is 10.1. The summed E-state index contributed by atoms with van der Waals surface area (Å²) in [5, 5.41) is 37.1. The van der Waals surface area contributed by atoms with E-state index >= 15 is 0 Å². The number of nitrogens with zero attached hydrogens (tertiary/aromatic N) is 4. The molecule has 12 heteroatoms. The summed E-state index contributed by atoms with van der Waals surface area (Å²) in [6, 6.07) is 3.67. The standard InChI is InChI=1S/C14H7F3N4O5/c15-14(16,17)10-2-1-6(5-18-10)12-19-20-13(26-12)7-3-8(21(24)25)11(23)9(22)4-7/h1-5,22-23H. The lowest BCUT2D eigenvalue weighted by Crippen LogP contribution is -2.07. The van der Waals surface area contributed by atoms with Crippen LogP contribution in [0.25, 0.3) is 22.9 Å². The lowest BCUT2D eigenvalue weighted by Gasteiger charge is -2.04. The average Bonchev–Trinajstić information content (AvgIpc) is 3.06. The maximum Gasteiger partial charge on any atom is 0.433 e. The number of rotatable bonds is 3. The number of aromatic nitrogens is 3. The van der Waals surface area contributed by atoms with Gasteiger partial charge in [0.25, 0.3) is 0 Å². The molecule has 0 atom stereocenters. The molecule has 2 N–H and O–H groups in total. The second-order valence-corrected chi connectivity index (χ2v) is 4.96. The summed E-state index contributed by atoms with van der Waals surface area (Å²) in [7, 11) is 0. The van der Waals surface area contributed by atoms with Crippen molar-refractivity contribution < 1.29 is 32.7 Å². The molecule has 0 saturated heterocycles. The number of hydrogen-bond acceptors (Lipinski definition) is 8. The van der Waals surface area contributed by atoms with Crippen LogP contribution in [0.15, 0.2) is 34.9 Å². The monoisotopic (exact) mass is 368 g/mol. The van der Waals surface area contributed by atoms with Gasteiger partial charge in [0.1, 0.15) is 5.69 Å². The molecule has 1 aromatic carbocycles. The van der Waals surface area contributed by atoms with Gasteiger partial charge in [-0.15, -0.1) is 10.2 Å². The van der Waals surface area contributed by atoms with Crippen LogP contribution in [0.3, 0.4) is 0 Å². The van der Waals surface area contributed by atoms with Crippen LogP contribution in [0.2, 0.25) is 0 Å². The molecule has 26 heavy (non-hydrogen) atoms. The molecule has 0 fully saturated rings. The second-order valence-electron chi connectivity index (χ2n) is 4.96. The zero-order chi connectivity index (χ0) is 19.1. The average molecular weight is 368 g/mol. The van der Waals surface area contributed by atoms with Crippen LogP contribution in [0, 0.1) is 10.1 Å². The van der Waals surface area contributed by atoms with Crippen molar-refractivity contribution in [3.8, 4) is 34.4 Å². The first kappa shape index (κ1) is 17.1. The van der Waals surface area contributed by atoms with E-state index < -0.39 is 34.0 Å². The summed E-state index contributed by atoms with van der Waals surface area (Å²) >= 11 is 0. The normalized spacial score (nSPS) is 11.5. The number of nitro benzene ring substituents is 1. The van der Waals surface area contributed by atoms with E-state index in [1.165, 1.54) is 0 Å². The minimum absolute atomic E-state index is 0.0642. The van der Waals surface area contributed by atoms with Gasteiger partial charge in [-0.1, -0.05) is 0 Å². The molecule has 3 aromatic rings. The minimum atomic E-state index is -4.60. The van der Waals surface area contributed by atoms with E-state index in [1.807, 2.05) is 0 Å². The summed E-state index contributed by atoms with van der Waals surface area (Å²) in [6.45, 7) is 0. The SMILES string of the molecule is O=[N+]([O-])c1cc(-c2nnc(-c3ccc(C(F)(F)F)nc3)o2)cc(O)c1O. The van der Waals surface area contributed by atoms with E-state index in [0.717, 1.165) is 30.5 Å². The fourth-order valence-electron chi connectivity index (χ4n) is 2.01. The highest BCUT2D eigenvalue weighted by Gasteiger charge is 2.32. The van der Waals surface area contributed by atoms with Crippen LogP contribution >= 0.6 is 0 Å². The summed E-state index contributed by atoms with van der Waals surface area (Å²) < 4.78 is 42.8. The van der Waals surface area contributed by atoms with Crippen molar-refractivity contribution >= 4 is 5.69 Å². The smallest absolute Gasteiger partial charge is 0.433 e. The van der Waals surface area contributed by atoms with Gasteiger partial charge in [-0.3, -0.25) is 15.1 Å². The molecule has 134 valence electrons. The van der Waals surface area contributed by atoms with E-state index in [0.29, 0.717) is 0 Å². The third-order valence-corrected chi connectivity index (χ3v) is 3.24. The van der Waals surface area contributed by atoms with E-state index in [-0.39, 0.29) is 22.9 Å². The first-order valence-electron chi connectivity index (χ1n) is 6.74. The fourth-order valence-corrected chi connectivity index (χ4v) is 2.01. The van der Waals surface area contributed by atoms with Crippen molar-refractivity contribution in [3.63, 3.8) is 0 Å². The number of aromatic hydroxyl groups is 2. The highest BCUT2D eigenvalue weighted by atomic mass is 19.4. The molecule has 3 rings (SSSR count). The summed E-state index contributed by atoms with van der Waals surface area (Å²) in [5.74, 6) is -2.13. The Morgan fingerprint density at radius 2 is 1.73 bits per heavy atom. The third-order valence-electron chi connectivity index (χ3n) is 3.24. The Morgan fingerprint density at radius 3 is 2.27 bits per heavy atom. The molecule has 9 nitrogen and oxygen atoms in total. The molecule has 0 radical (unpaired) electrons. The van der Waals surface area contributed by atoms with E-state index in [9.17, 15) is 33.5 Å². The molecule has 0 bridgehead atoms. The van der Waals surface area contributed by atoms with Gasteiger partial charge in [-0.2, -0.15) is 13.2 Å². The maximum atomic E-state index is 12.5. The predicted octanol–water partition coefficient (Wildman–Crippen LogP) is 3.14. The number of benzene rings is 1. The van der Waals surface area contributed by atoms with Gasteiger partial charge < -0.3 is 14.6 Å². The molecular formula is C14H7F3N4O5.